The van der Waals surface area contributed by atoms with E-state index in [0.29, 0.717) is 0 Å². The molecule has 1 N–H and O–H groups in total. The van der Waals surface area contributed by atoms with Crippen molar-refractivity contribution < 1.29 is 0 Å². The van der Waals surface area contributed by atoms with Gasteiger partial charge in [0.15, 0.2) is 0 Å². The number of hydrogen-bond acceptors (Lipinski definition) is 2. The predicted octanol–water partition coefficient (Wildman–Crippen LogP) is 3.11. The van der Waals surface area contributed by atoms with E-state index in [1.165, 1.54) is 10.9 Å². The maximum Gasteiger partial charge on any atom is 0.0841 e. The third kappa shape index (κ3) is 2.79. The zero-order valence-electron chi connectivity index (χ0n) is 11.0. The van der Waals surface area contributed by atoms with Crippen LogP contribution in [-0.4, -0.2) is 16.3 Å². The number of benzene rings is 1. The highest BCUT2D eigenvalue weighted by Crippen LogP contribution is 2.18. The van der Waals surface area contributed by atoms with E-state index in [9.17, 15) is 0 Å². The smallest absolute Gasteiger partial charge is 0.0841 e. The summed E-state index contributed by atoms with van der Waals surface area (Å²) in [7, 11) is 0. The van der Waals surface area contributed by atoms with E-state index < -0.39 is 0 Å². The van der Waals surface area contributed by atoms with Gasteiger partial charge in [-0.05, 0) is 25.5 Å². The molecular formula is C15H21N3. The second-order valence-corrected chi connectivity index (χ2v) is 4.40. The highest BCUT2D eigenvalue weighted by molar-refractivity contribution is 5.81. The number of hydrogen-bond donors (Lipinski definition) is 1. The number of aromatic nitrogens is 2. The summed E-state index contributed by atoms with van der Waals surface area (Å²) in [5, 5.41) is 9.32. The van der Waals surface area contributed by atoms with E-state index in [-0.39, 0.29) is 0 Å². The highest BCUT2D eigenvalue weighted by atomic mass is 15.3. The van der Waals surface area contributed by atoms with Gasteiger partial charge >= 0.3 is 0 Å². The lowest BCUT2D eigenvalue weighted by Gasteiger charge is -2.01. The molecular weight excluding hydrogens is 222 g/mol. The van der Waals surface area contributed by atoms with Gasteiger partial charge in [-0.3, -0.25) is 4.68 Å². The van der Waals surface area contributed by atoms with Crippen molar-refractivity contribution in [1.29, 1.82) is 0 Å². The number of aryl methyl sites for hydroxylation is 1. The number of unbranched alkanes of at least 4 members (excludes halogenated alkanes) is 1. The van der Waals surface area contributed by atoms with Crippen molar-refractivity contribution in [2.24, 2.45) is 0 Å². The Morgan fingerprint density at radius 1 is 1.39 bits per heavy atom. The monoisotopic (exact) mass is 243 g/mol. The molecule has 2 aromatic rings. The third-order valence-corrected chi connectivity index (χ3v) is 3.06. The topological polar surface area (TPSA) is 29.9 Å². The Balaban J connectivity index is 2.25. The molecule has 1 heterocycles. The molecule has 18 heavy (non-hydrogen) atoms. The number of fused-ring (bicyclic) bond motifs is 1. The van der Waals surface area contributed by atoms with Crippen LogP contribution in [0.2, 0.25) is 0 Å². The van der Waals surface area contributed by atoms with Gasteiger partial charge in [0.05, 0.1) is 11.2 Å². The van der Waals surface area contributed by atoms with Gasteiger partial charge in [-0.15, -0.1) is 6.58 Å². The SMILES string of the molecule is C=CCCCn1nc(CNCC)c2ccccc21. The van der Waals surface area contributed by atoms with E-state index in [1.807, 2.05) is 6.08 Å². The lowest BCUT2D eigenvalue weighted by atomic mass is 10.2. The van der Waals surface area contributed by atoms with Gasteiger partial charge in [0.2, 0.25) is 0 Å². The summed E-state index contributed by atoms with van der Waals surface area (Å²) >= 11 is 0. The fraction of sp³-hybridized carbons (Fsp3) is 0.400. The summed E-state index contributed by atoms with van der Waals surface area (Å²) in [4.78, 5) is 0. The summed E-state index contributed by atoms with van der Waals surface area (Å²) in [6, 6.07) is 8.45. The van der Waals surface area contributed by atoms with Crippen LogP contribution < -0.4 is 5.32 Å². The second kappa shape index (κ2) is 6.36. The lowest BCUT2D eigenvalue weighted by Crippen LogP contribution is -2.12. The van der Waals surface area contributed by atoms with Crippen LogP contribution in [0.3, 0.4) is 0 Å². The molecule has 0 bridgehead atoms. The van der Waals surface area contributed by atoms with Gasteiger partial charge in [0.1, 0.15) is 0 Å². The van der Waals surface area contributed by atoms with Crippen molar-refractivity contribution in [3.05, 3.63) is 42.6 Å². The largest absolute Gasteiger partial charge is 0.311 e. The maximum atomic E-state index is 4.72. The Morgan fingerprint density at radius 3 is 3.00 bits per heavy atom. The van der Waals surface area contributed by atoms with Gasteiger partial charge in [-0.2, -0.15) is 5.10 Å². The highest BCUT2D eigenvalue weighted by Gasteiger charge is 2.08. The first-order valence-electron chi connectivity index (χ1n) is 6.63. The van der Waals surface area contributed by atoms with Crippen molar-refractivity contribution in [3.8, 4) is 0 Å². The minimum Gasteiger partial charge on any atom is -0.311 e. The Morgan fingerprint density at radius 2 is 2.22 bits per heavy atom. The van der Waals surface area contributed by atoms with Crippen LogP contribution in [0.25, 0.3) is 10.9 Å². The van der Waals surface area contributed by atoms with Crippen LogP contribution in [0, 0.1) is 0 Å². The van der Waals surface area contributed by atoms with Crippen LogP contribution in [0.1, 0.15) is 25.5 Å². The van der Waals surface area contributed by atoms with E-state index in [4.69, 9.17) is 5.10 Å². The van der Waals surface area contributed by atoms with Crippen LogP contribution >= 0.6 is 0 Å². The first kappa shape index (κ1) is 12.8. The number of allylic oxidation sites excluding steroid dienone is 1. The molecule has 2 rings (SSSR count). The molecule has 0 spiro atoms. The first-order chi connectivity index (χ1) is 8.86. The van der Waals surface area contributed by atoms with Crippen LogP contribution in [0.5, 0.6) is 0 Å². The maximum absolute atomic E-state index is 4.72. The van der Waals surface area contributed by atoms with Gasteiger partial charge in [0, 0.05) is 18.5 Å². The van der Waals surface area contributed by atoms with E-state index >= 15 is 0 Å². The third-order valence-electron chi connectivity index (χ3n) is 3.06. The van der Waals surface area contributed by atoms with Crippen molar-refractivity contribution in [2.75, 3.05) is 6.54 Å². The Kier molecular flexibility index (Phi) is 4.53. The van der Waals surface area contributed by atoms with E-state index in [0.717, 1.165) is 38.2 Å². The van der Waals surface area contributed by atoms with Gasteiger partial charge in [0.25, 0.3) is 0 Å². The molecule has 0 saturated carbocycles. The fourth-order valence-corrected chi connectivity index (χ4v) is 2.13. The minimum absolute atomic E-state index is 0.839. The normalized spacial score (nSPS) is 10.9. The van der Waals surface area contributed by atoms with Crippen molar-refractivity contribution in [1.82, 2.24) is 15.1 Å². The lowest BCUT2D eigenvalue weighted by molar-refractivity contribution is 0.585. The van der Waals surface area contributed by atoms with Gasteiger partial charge in [-0.1, -0.05) is 31.2 Å². The molecule has 0 atom stereocenters. The molecule has 0 radical (unpaired) electrons. The molecule has 3 nitrogen and oxygen atoms in total. The summed E-state index contributed by atoms with van der Waals surface area (Å²) < 4.78 is 2.12. The molecule has 1 aromatic carbocycles. The molecule has 3 heteroatoms. The molecule has 96 valence electrons. The number of nitrogens with one attached hydrogen (secondary N) is 1. The average molecular weight is 243 g/mol. The molecule has 0 aliphatic heterocycles. The van der Waals surface area contributed by atoms with Gasteiger partial charge in [-0.25, -0.2) is 0 Å². The molecule has 0 fully saturated rings. The predicted molar refractivity (Wildman–Crippen MR) is 76.5 cm³/mol. The van der Waals surface area contributed by atoms with Crippen LogP contribution in [-0.2, 0) is 13.1 Å². The van der Waals surface area contributed by atoms with Crippen molar-refractivity contribution >= 4 is 10.9 Å². The molecule has 0 aliphatic rings. The van der Waals surface area contributed by atoms with E-state index in [2.05, 4.69) is 47.8 Å². The average Bonchev–Trinajstić information content (AvgIpc) is 2.76. The van der Waals surface area contributed by atoms with Crippen LogP contribution in [0.4, 0.5) is 0 Å². The quantitative estimate of drug-likeness (QED) is 0.598. The zero-order valence-corrected chi connectivity index (χ0v) is 11.0. The van der Waals surface area contributed by atoms with Crippen LogP contribution in [0.15, 0.2) is 36.9 Å². The molecule has 0 saturated heterocycles. The number of rotatable bonds is 7. The summed E-state index contributed by atoms with van der Waals surface area (Å²) in [6.45, 7) is 8.64. The Hall–Kier alpha value is -1.61. The van der Waals surface area contributed by atoms with Gasteiger partial charge < -0.3 is 5.32 Å². The number of nitrogens with zero attached hydrogens (tertiary/aromatic N) is 2. The molecule has 0 unspecified atom stereocenters. The Labute approximate surface area is 109 Å². The first-order valence-corrected chi connectivity index (χ1v) is 6.63. The number of para-hydroxylation sites is 1. The molecule has 0 aliphatic carbocycles. The minimum atomic E-state index is 0.839. The summed E-state index contributed by atoms with van der Waals surface area (Å²) in [5.41, 5.74) is 2.38. The standard InChI is InChI=1S/C15H21N3/c1-3-5-8-11-18-15-10-7-6-9-13(15)14(17-18)12-16-4-2/h3,6-7,9-10,16H,1,4-5,8,11-12H2,2H3. The summed E-state index contributed by atoms with van der Waals surface area (Å²) in [5.74, 6) is 0. The molecule has 1 aromatic heterocycles. The molecule has 0 amide bonds. The zero-order chi connectivity index (χ0) is 12.8. The van der Waals surface area contributed by atoms with Crippen molar-refractivity contribution in [3.63, 3.8) is 0 Å². The fourth-order valence-electron chi connectivity index (χ4n) is 2.13. The second-order valence-electron chi connectivity index (χ2n) is 4.40. The van der Waals surface area contributed by atoms with Crippen molar-refractivity contribution in [2.45, 2.75) is 32.9 Å². The summed E-state index contributed by atoms with van der Waals surface area (Å²) in [6.07, 6.45) is 4.10. The Bertz CT molecular complexity index is 513. The van der Waals surface area contributed by atoms with E-state index in [1.54, 1.807) is 0 Å².